The number of alkyl halides is 1. The number of anilines is 1. The number of fused-ring (bicyclic) bond motifs is 6. The van der Waals surface area contributed by atoms with Crippen molar-refractivity contribution in [3.8, 4) is 5.75 Å². The Labute approximate surface area is 243 Å². The van der Waals surface area contributed by atoms with Gasteiger partial charge in [-0.25, -0.2) is 9.18 Å². The van der Waals surface area contributed by atoms with Crippen LogP contribution in [0.3, 0.4) is 0 Å². The summed E-state index contributed by atoms with van der Waals surface area (Å²) >= 11 is 0. The Bertz CT molecular complexity index is 1560. The van der Waals surface area contributed by atoms with Crippen molar-refractivity contribution in [2.75, 3.05) is 25.6 Å². The monoisotopic (exact) mass is 595 g/mol. The van der Waals surface area contributed by atoms with E-state index in [1.165, 1.54) is 0 Å². The highest BCUT2D eigenvalue weighted by Gasteiger charge is 2.56. The first-order chi connectivity index (χ1) is 19.9. The second-order valence-corrected chi connectivity index (χ2v) is 16.1. The number of carbonyl (C=O) groups is 1. The molecule has 3 aromatic rings. The minimum Gasteiger partial charge on any atom is -0.462 e. The van der Waals surface area contributed by atoms with Crippen molar-refractivity contribution in [1.29, 1.82) is 0 Å². The van der Waals surface area contributed by atoms with Crippen LogP contribution in [-0.4, -0.2) is 85.9 Å². The predicted octanol–water partition coefficient (Wildman–Crippen LogP) is 0.999. The van der Waals surface area contributed by atoms with Crippen LogP contribution in [-0.2, 0) is 21.7 Å². The lowest BCUT2D eigenvalue weighted by Crippen LogP contribution is -2.63. The lowest BCUT2D eigenvalue weighted by molar-refractivity contribution is -0.277. The van der Waals surface area contributed by atoms with Gasteiger partial charge in [0.05, 0.1) is 12.2 Å². The number of nitrogens with zero attached hydrogens (tertiary/aromatic N) is 1. The molecule has 0 amide bonds. The van der Waals surface area contributed by atoms with Gasteiger partial charge in [-0.2, -0.15) is 0 Å². The van der Waals surface area contributed by atoms with Crippen molar-refractivity contribution in [3.63, 3.8) is 0 Å². The standard InChI is InChI=1S/C31H34FNO8Si/c1-33(2)17-9-10-20-24(12-17)42(3,4)25-13-22(39-30-28(37)27(36)26(35)23(15-34)40-30)16(14-32)11-21(25)31(20)19-8-6-5-7-18(19)29(38)41-31/h5-13,23,26-28,30,34-37H,14-15H2,1-4H3/t23-,26+,27+,28-,30-,31?/m1/s1. The van der Waals surface area contributed by atoms with E-state index in [1.807, 2.05) is 43.3 Å². The zero-order valence-corrected chi connectivity index (χ0v) is 24.7. The minimum atomic E-state index is -2.59. The van der Waals surface area contributed by atoms with E-state index in [9.17, 15) is 29.6 Å². The maximum atomic E-state index is 14.8. The second-order valence-electron chi connectivity index (χ2n) is 11.8. The third-order valence-electron chi connectivity index (χ3n) is 8.83. The summed E-state index contributed by atoms with van der Waals surface area (Å²) < 4.78 is 32.6. The van der Waals surface area contributed by atoms with E-state index < -0.39 is 63.6 Å². The van der Waals surface area contributed by atoms with Crippen molar-refractivity contribution in [3.05, 3.63) is 82.4 Å². The normalized spacial score (nSPS) is 29.0. The number of benzene rings is 3. The van der Waals surface area contributed by atoms with Gasteiger partial charge in [0.2, 0.25) is 6.29 Å². The van der Waals surface area contributed by atoms with E-state index in [1.54, 1.807) is 24.3 Å². The first-order valence-corrected chi connectivity index (χ1v) is 16.8. The van der Waals surface area contributed by atoms with Crippen LogP contribution >= 0.6 is 0 Å². The molecular weight excluding hydrogens is 561 g/mol. The molecule has 42 heavy (non-hydrogen) atoms. The van der Waals surface area contributed by atoms with E-state index in [4.69, 9.17) is 14.2 Å². The summed E-state index contributed by atoms with van der Waals surface area (Å²) in [4.78, 5) is 15.3. The number of rotatable bonds is 5. The number of carbonyl (C=O) groups excluding carboxylic acids is 1. The Hall–Kier alpha value is -3.32. The van der Waals surface area contributed by atoms with Crippen molar-refractivity contribution < 1.29 is 43.8 Å². The zero-order valence-electron chi connectivity index (χ0n) is 23.7. The van der Waals surface area contributed by atoms with E-state index >= 15 is 0 Å². The van der Waals surface area contributed by atoms with Crippen LogP contribution in [0.25, 0.3) is 0 Å². The van der Waals surface area contributed by atoms with E-state index in [0.717, 1.165) is 21.6 Å². The van der Waals surface area contributed by atoms with Gasteiger partial charge in [-0.1, -0.05) is 37.4 Å². The molecule has 3 aliphatic rings. The Balaban J connectivity index is 1.57. The topological polar surface area (TPSA) is 129 Å². The van der Waals surface area contributed by atoms with Crippen LogP contribution in [0.4, 0.5) is 10.1 Å². The summed E-state index contributed by atoms with van der Waals surface area (Å²) in [6.45, 7) is 2.75. The molecule has 0 bridgehead atoms. The second kappa shape index (κ2) is 10.1. The maximum absolute atomic E-state index is 14.8. The minimum absolute atomic E-state index is 0.0844. The zero-order chi connectivity index (χ0) is 30.1. The molecule has 11 heteroatoms. The molecule has 1 spiro atoms. The molecule has 6 atom stereocenters. The number of aliphatic hydroxyl groups excluding tert-OH is 4. The summed E-state index contributed by atoms with van der Waals surface area (Å²) in [5.74, 6) is -0.384. The van der Waals surface area contributed by atoms with E-state index in [2.05, 4.69) is 19.2 Å². The van der Waals surface area contributed by atoms with Crippen LogP contribution < -0.4 is 20.0 Å². The number of hydrogen-bond donors (Lipinski definition) is 4. The fourth-order valence-corrected chi connectivity index (χ4v) is 9.62. The summed E-state index contributed by atoms with van der Waals surface area (Å²) in [6.07, 6.45) is -7.52. The Morgan fingerprint density at radius 2 is 1.67 bits per heavy atom. The number of ether oxygens (including phenoxy) is 3. The quantitative estimate of drug-likeness (QED) is 0.252. The Kier molecular flexibility index (Phi) is 6.95. The van der Waals surface area contributed by atoms with Gasteiger partial charge >= 0.3 is 5.97 Å². The number of esters is 1. The van der Waals surface area contributed by atoms with Crippen LogP contribution in [0.15, 0.2) is 54.6 Å². The molecule has 0 saturated carbocycles. The van der Waals surface area contributed by atoms with Gasteiger partial charge in [0.1, 0.15) is 44.9 Å². The molecule has 1 saturated heterocycles. The van der Waals surface area contributed by atoms with Gasteiger partial charge < -0.3 is 39.5 Å². The third-order valence-corrected chi connectivity index (χ3v) is 12.4. The van der Waals surface area contributed by atoms with Gasteiger partial charge in [0, 0.05) is 42.0 Å². The SMILES string of the molecule is CN(C)c1ccc2c(c1)[Si](C)(C)c1cc(O[C@@H]3O[C@H](CO)[C@H](O)[C@H](O)[C@H]3O)c(CF)cc1C21OC(=O)c2ccccc21. The molecule has 1 unspecified atom stereocenters. The number of aliphatic hydroxyl groups is 4. The fraction of sp³-hybridized carbons (Fsp3) is 0.387. The summed E-state index contributed by atoms with van der Waals surface area (Å²) in [5.41, 5.74) is 2.40. The van der Waals surface area contributed by atoms with Gasteiger partial charge in [-0.15, -0.1) is 0 Å². The van der Waals surface area contributed by atoms with E-state index in [-0.39, 0.29) is 11.3 Å². The number of halogens is 1. The summed E-state index contributed by atoms with van der Waals surface area (Å²) in [6, 6.07) is 16.7. The van der Waals surface area contributed by atoms with E-state index in [0.29, 0.717) is 16.7 Å². The summed E-state index contributed by atoms with van der Waals surface area (Å²) in [7, 11) is 1.31. The first-order valence-electron chi connectivity index (χ1n) is 13.8. The van der Waals surface area contributed by atoms with Gasteiger partial charge in [0.25, 0.3) is 0 Å². The molecular formula is C31H34FNO8Si. The lowest BCUT2D eigenvalue weighted by atomic mass is 9.78. The lowest BCUT2D eigenvalue weighted by Gasteiger charge is -2.44. The van der Waals surface area contributed by atoms with Crippen LogP contribution in [0.5, 0.6) is 5.75 Å². The molecule has 0 radical (unpaired) electrons. The Morgan fingerprint density at radius 3 is 2.36 bits per heavy atom. The molecule has 0 aromatic heterocycles. The molecule has 222 valence electrons. The van der Waals surface area contributed by atoms with Crippen LogP contribution in [0.1, 0.15) is 32.6 Å². The molecule has 3 aliphatic heterocycles. The highest BCUT2D eigenvalue weighted by molar-refractivity contribution is 7.01. The molecule has 0 aliphatic carbocycles. The Morgan fingerprint density at radius 1 is 0.952 bits per heavy atom. The number of hydrogen-bond acceptors (Lipinski definition) is 9. The summed E-state index contributed by atoms with van der Waals surface area (Å²) in [5, 5.41) is 42.6. The van der Waals surface area contributed by atoms with Crippen molar-refractivity contribution in [2.24, 2.45) is 0 Å². The average molecular weight is 596 g/mol. The largest absolute Gasteiger partial charge is 0.462 e. The molecule has 9 nitrogen and oxygen atoms in total. The molecule has 1 fully saturated rings. The first kappa shape index (κ1) is 28.8. The fourth-order valence-electron chi connectivity index (χ4n) is 6.48. The van der Waals surface area contributed by atoms with Gasteiger partial charge in [0.15, 0.2) is 5.60 Å². The third kappa shape index (κ3) is 4.03. The van der Waals surface area contributed by atoms with Gasteiger partial charge in [-0.05, 0) is 40.7 Å². The van der Waals surface area contributed by atoms with Gasteiger partial charge in [-0.3, -0.25) is 0 Å². The average Bonchev–Trinajstić information content (AvgIpc) is 3.28. The molecule has 3 heterocycles. The molecule has 3 aromatic carbocycles. The van der Waals surface area contributed by atoms with Crippen molar-refractivity contribution in [1.82, 2.24) is 0 Å². The molecule has 6 rings (SSSR count). The molecule has 4 N–H and O–H groups in total. The highest BCUT2D eigenvalue weighted by Crippen LogP contribution is 2.50. The highest BCUT2D eigenvalue weighted by atomic mass is 28.3. The van der Waals surface area contributed by atoms with Crippen molar-refractivity contribution >= 4 is 30.1 Å². The van der Waals surface area contributed by atoms with Crippen LogP contribution in [0.2, 0.25) is 13.1 Å². The smallest absolute Gasteiger partial charge is 0.340 e. The maximum Gasteiger partial charge on any atom is 0.340 e. The van der Waals surface area contributed by atoms with Crippen molar-refractivity contribution in [2.45, 2.75) is 56.1 Å². The van der Waals surface area contributed by atoms with Crippen LogP contribution in [0, 0.1) is 0 Å². The predicted molar refractivity (Wildman–Crippen MR) is 155 cm³/mol.